The molecule has 0 spiro atoms. The minimum absolute atomic E-state index is 0.328. The molecule has 72 valence electrons. The molecule has 0 saturated carbocycles. The zero-order valence-electron chi connectivity index (χ0n) is 8.07. The molecule has 1 aromatic rings. The third-order valence-corrected chi connectivity index (χ3v) is 1.59. The monoisotopic (exact) mass is 188 g/mol. The summed E-state index contributed by atoms with van der Waals surface area (Å²) < 4.78 is 4.57. The number of hydrogen-bond donors (Lipinski definition) is 0. The Kier molecular flexibility index (Phi) is 4.25. The summed E-state index contributed by atoms with van der Waals surface area (Å²) in [6.45, 7) is 1.36. The minimum atomic E-state index is -0.328. The van der Waals surface area contributed by atoms with Crippen molar-refractivity contribution >= 4 is 5.97 Å². The van der Waals surface area contributed by atoms with Crippen LogP contribution in [0.15, 0.2) is 48.4 Å². The number of carbonyl (C=O) groups is 1. The van der Waals surface area contributed by atoms with E-state index >= 15 is 0 Å². The molecule has 14 heavy (non-hydrogen) atoms. The molecular weight excluding hydrogens is 176 g/mol. The van der Waals surface area contributed by atoms with Gasteiger partial charge in [-0.15, -0.1) is 0 Å². The summed E-state index contributed by atoms with van der Waals surface area (Å²) in [5, 5.41) is 0. The second-order valence-electron chi connectivity index (χ2n) is 2.79. The molecular formula is C12H12O2. The first-order chi connectivity index (χ1) is 6.79. The zero-order chi connectivity index (χ0) is 10.2. The Balaban J connectivity index is 2.41. The summed E-state index contributed by atoms with van der Waals surface area (Å²) in [4.78, 5) is 10.4. The van der Waals surface area contributed by atoms with Gasteiger partial charge >= 0.3 is 5.97 Å². The Bertz CT molecular complexity index is 346. The minimum Gasteiger partial charge on any atom is -0.426 e. The van der Waals surface area contributed by atoms with E-state index in [9.17, 15) is 4.79 Å². The summed E-state index contributed by atoms with van der Waals surface area (Å²) in [5.41, 5.74) is 3.98. The van der Waals surface area contributed by atoms with Crippen molar-refractivity contribution in [3.63, 3.8) is 0 Å². The van der Waals surface area contributed by atoms with Gasteiger partial charge in [0.2, 0.25) is 0 Å². The summed E-state index contributed by atoms with van der Waals surface area (Å²) in [6, 6.07) is 10.0. The third-order valence-electron chi connectivity index (χ3n) is 1.59. The lowest BCUT2D eigenvalue weighted by Gasteiger charge is -1.91. The molecule has 0 aliphatic carbocycles. The lowest BCUT2D eigenvalue weighted by molar-refractivity contribution is -0.135. The van der Waals surface area contributed by atoms with Gasteiger partial charge in [0.25, 0.3) is 0 Å². The second-order valence-corrected chi connectivity index (χ2v) is 2.79. The van der Waals surface area contributed by atoms with Crippen LogP contribution in [0.1, 0.15) is 12.5 Å². The van der Waals surface area contributed by atoms with E-state index in [1.165, 1.54) is 18.7 Å². The number of benzene rings is 1. The lowest BCUT2D eigenvalue weighted by Crippen LogP contribution is -1.88. The van der Waals surface area contributed by atoms with E-state index in [-0.39, 0.29) is 5.97 Å². The van der Waals surface area contributed by atoms with Crippen LogP contribution >= 0.6 is 0 Å². The first-order valence-electron chi connectivity index (χ1n) is 4.39. The fraction of sp³-hybridized carbons (Fsp3) is 0.167. The van der Waals surface area contributed by atoms with Crippen molar-refractivity contribution in [3.05, 3.63) is 54.0 Å². The van der Waals surface area contributed by atoms with Crippen LogP contribution in [0.25, 0.3) is 0 Å². The fourth-order valence-corrected chi connectivity index (χ4v) is 0.956. The van der Waals surface area contributed by atoms with Crippen LogP contribution in [0.5, 0.6) is 0 Å². The van der Waals surface area contributed by atoms with Gasteiger partial charge in [0, 0.05) is 6.92 Å². The van der Waals surface area contributed by atoms with E-state index in [0.717, 1.165) is 6.42 Å². The van der Waals surface area contributed by atoms with Gasteiger partial charge < -0.3 is 4.74 Å². The first-order valence-corrected chi connectivity index (χ1v) is 4.39. The molecule has 2 nitrogen and oxygen atoms in total. The molecule has 0 bridgehead atoms. The predicted octanol–water partition coefficient (Wildman–Crippen LogP) is 2.46. The van der Waals surface area contributed by atoms with Gasteiger partial charge in [-0.05, 0) is 18.1 Å². The summed E-state index contributed by atoms with van der Waals surface area (Å²) >= 11 is 0. The number of esters is 1. The summed E-state index contributed by atoms with van der Waals surface area (Å²) in [7, 11) is 0. The highest BCUT2D eigenvalue weighted by atomic mass is 16.5. The highest BCUT2D eigenvalue weighted by Crippen LogP contribution is 1.99. The van der Waals surface area contributed by atoms with E-state index in [1.54, 1.807) is 0 Å². The molecule has 1 rings (SSSR count). The van der Waals surface area contributed by atoms with Gasteiger partial charge in [-0.3, -0.25) is 4.79 Å². The number of rotatable bonds is 3. The highest BCUT2D eigenvalue weighted by Gasteiger charge is 1.85. The molecule has 0 aliphatic heterocycles. The molecule has 0 N–H and O–H groups in total. The third kappa shape index (κ3) is 4.29. The van der Waals surface area contributed by atoms with Gasteiger partial charge in [0.15, 0.2) is 0 Å². The van der Waals surface area contributed by atoms with Gasteiger partial charge in [0.1, 0.15) is 6.26 Å². The molecule has 0 unspecified atom stereocenters. The average Bonchev–Trinajstić information content (AvgIpc) is 2.18. The maximum atomic E-state index is 10.4. The number of ether oxygens (including phenoxy) is 1. The molecule has 0 saturated heterocycles. The van der Waals surface area contributed by atoms with Crippen LogP contribution in [0, 0.1) is 0 Å². The van der Waals surface area contributed by atoms with Crippen molar-refractivity contribution in [2.75, 3.05) is 0 Å². The Morgan fingerprint density at radius 2 is 2.14 bits per heavy atom. The van der Waals surface area contributed by atoms with Crippen molar-refractivity contribution in [2.24, 2.45) is 0 Å². The molecule has 2 heteroatoms. The highest BCUT2D eigenvalue weighted by molar-refractivity contribution is 5.66. The molecule has 0 amide bonds. The first kappa shape index (κ1) is 10.3. The predicted molar refractivity (Wildman–Crippen MR) is 54.6 cm³/mol. The maximum Gasteiger partial charge on any atom is 0.308 e. The quantitative estimate of drug-likeness (QED) is 0.414. The van der Waals surface area contributed by atoms with Crippen LogP contribution in [0.3, 0.4) is 0 Å². The summed E-state index contributed by atoms with van der Waals surface area (Å²) in [5.74, 6) is -0.328. The molecule has 0 radical (unpaired) electrons. The van der Waals surface area contributed by atoms with Crippen LogP contribution in [-0.2, 0) is 16.0 Å². The smallest absolute Gasteiger partial charge is 0.308 e. The molecule has 0 atom stereocenters. The molecule has 0 fully saturated rings. The zero-order valence-corrected chi connectivity index (χ0v) is 8.07. The van der Waals surface area contributed by atoms with E-state index in [4.69, 9.17) is 0 Å². The van der Waals surface area contributed by atoms with Gasteiger partial charge in [-0.1, -0.05) is 36.1 Å². The topological polar surface area (TPSA) is 26.3 Å². The van der Waals surface area contributed by atoms with Gasteiger partial charge in [0.05, 0.1) is 0 Å². The van der Waals surface area contributed by atoms with Crippen LogP contribution in [0.4, 0.5) is 0 Å². The fourth-order valence-electron chi connectivity index (χ4n) is 0.956. The second kappa shape index (κ2) is 5.79. The average molecular weight is 188 g/mol. The largest absolute Gasteiger partial charge is 0.426 e. The lowest BCUT2D eigenvalue weighted by atomic mass is 10.1. The van der Waals surface area contributed by atoms with E-state index in [1.807, 2.05) is 36.4 Å². The number of allylic oxidation sites excluding steroid dienone is 1. The van der Waals surface area contributed by atoms with Crippen molar-refractivity contribution in [2.45, 2.75) is 13.3 Å². The molecule has 0 heterocycles. The van der Waals surface area contributed by atoms with Gasteiger partial charge in [-0.25, -0.2) is 0 Å². The van der Waals surface area contributed by atoms with Crippen LogP contribution in [0.2, 0.25) is 0 Å². The Morgan fingerprint density at radius 1 is 1.43 bits per heavy atom. The van der Waals surface area contributed by atoms with Crippen molar-refractivity contribution < 1.29 is 9.53 Å². The maximum absolute atomic E-state index is 10.4. The van der Waals surface area contributed by atoms with Gasteiger partial charge in [-0.2, -0.15) is 0 Å². The van der Waals surface area contributed by atoms with Crippen LogP contribution < -0.4 is 0 Å². The van der Waals surface area contributed by atoms with Crippen molar-refractivity contribution in [1.82, 2.24) is 0 Å². The standard InChI is InChI=1S/C12H12O2/c1-11(13)14-10-6-5-9-12-7-3-2-4-8-12/h2-5,7-8,10H,9H2,1H3. The Labute approximate surface area is 83.5 Å². The van der Waals surface area contributed by atoms with E-state index < -0.39 is 0 Å². The Morgan fingerprint density at radius 3 is 2.79 bits per heavy atom. The van der Waals surface area contributed by atoms with E-state index in [0.29, 0.717) is 0 Å². The molecule has 1 aromatic carbocycles. The summed E-state index contributed by atoms with van der Waals surface area (Å²) in [6.07, 6.45) is 3.88. The van der Waals surface area contributed by atoms with Crippen molar-refractivity contribution in [3.8, 4) is 0 Å². The van der Waals surface area contributed by atoms with Crippen molar-refractivity contribution in [1.29, 1.82) is 0 Å². The molecule has 0 aromatic heterocycles. The van der Waals surface area contributed by atoms with E-state index in [2.05, 4.69) is 10.5 Å². The normalized spacial score (nSPS) is 8.64. The number of hydrogen-bond acceptors (Lipinski definition) is 2. The van der Waals surface area contributed by atoms with Crippen LogP contribution in [-0.4, -0.2) is 5.97 Å². The molecule has 0 aliphatic rings. The Hall–Kier alpha value is -1.79. The SMILES string of the molecule is CC(=O)OC=C=CCc1ccccc1. The number of carbonyl (C=O) groups excluding carboxylic acids is 1.